The standard InChI is InChI=1S/C24H27N3.CHF3O3S.CH3.Fe/c1-15-9-7-10-16(2)23(15)25-19(5)21-13-14-22(27-21)20(6)26-24-17(3)11-8-12-18(24)4;2-1(3,4)7-8(5)6;;/h7-13H,14H2,1-6H3;(H,5,6);1H3;/q;;-1;+2/p-1. The molecule has 0 amide bonds. The quantitative estimate of drug-likeness (QED) is 0.162. The maximum absolute atomic E-state index is 10.7. The van der Waals surface area contributed by atoms with Crippen LogP contribution in [0.2, 0.25) is 0 Å². The van der Waals surface area contributed by atoms with Crippen molar-refractivity contribution < 1.29 is 43.2 Å². The van der Waals surface area contributed by atoms with E-state index in [4.69, 9.17) is 23.7 Å². The van der Waals surface area contributed by atoms with Gasteiger partial charge >= 0.3 is 23.4 Å². The smallest absolute Gasteiger partial charge is 0.750 e. The van der Waals surface area contributed by atoms with Crippen LogP contribution in [-0.4, -0.2) is 32.3 Å². The molecule has 202 valence electrons. The van der Waals surface area contributed by atoms with Crippen molar-refractivity contribution in [2.75, 3.05) is 0 Å². The van der Waals surface area contributed by atoms with E-state index < -0.39 is 17.7 Å². The zero-order chi connectivity index (χ0) is 26.3. The van der Waals surface area contributed by atoms with E-state index in [2.05, 4.69) is 74.4 Å². The topological polar surface area (TPSA) is 86.4 Å². The zero-order valence-corrected chi connectivity index (χ0v) is 23.6. The first kappa shape index (κ1) is 34.6. The molecule has 0 bridgehead atoms. The van der Waals surface area contributed by atoms with Crippen LogP contribution in [0.15, 0.2) is 63.1 Å². The Balaban J connectivity index is 0.00000113. The summed E-state index contributed by atoms with van der Waals surface area (Å²) in [6.07, 6.45) is -2.15. The molecule has 11 heteroatoms. The molecule has 1 aliphatic heterocycles. The number of allylic oxidation sites excluding steroid dienone is 2. The molecular weight excluding hydrogens is 547 g/mol. The summed E-state index contributed by atoms with van der Waals surface area (Å²) in [7, 11) is 0. The third-order valence-electron chi connectivity index (χ3n) is 5.13. The normalized spacial score (nSPS) is 14.4. The summed E-state index contributed by atoms with van der Waals surface area (Å²) in [5, 5.41) is 0. The van der Waals surface area contributed by atoms with Crippen molar-refractivity contribution >= 4 is 39.9 Å². The average Bonchev–Trinajstić information content (AvgIpc) is 3.23. The van der Waals surface area contributed by atoms with Gasteiger partial charge in [0.15, 0.2) is 0 Å². The summed E-state index contributed by atoms with van der Waals surface area (Å²) in [5.74, 6) is 0. The van der Waals surface area contributed by atoms with Crippen LogP contribution in [0, 0.1) is 35.1 Å². The molecule has 2 aromatic rings. The Morgan fingerprint density at radius 2 is 1.32 bits per heavy atom. The summed E-state index contributed by atoms with van der Waals surface area (Å²) >= 11 is -3.51. The number of para-hydroxylation sites is 2. The van der Waals surface area contributed by atoms with E-state index in [1.54, 1.807) is 0 Å². The SMILES string of the molecule is CC(=Nc1c(C)cccc1C)C1=CCC(C(C)=Nc2c(C)cccc2C)=N1.O=S([O-])OC(F)(F)F.[CH3-].[Fe+2]. The number of hydrogen-bond acceptors (Lipinski definition) is 6. The molecule has 1 unspecified atom stereocenters. The number of benzene rings is 2. The van der Waals surface area contributed by atoms with E-state index in [9.17, 15) is 13.2 Å². The van der Waals surface area contributed by atoms with E-state index in [0.29, 0.717) is 0 Å². The molecule has 1 aliphatic rings. The first-order valence-electron chi connectivity index (χ1n) is 10.7. The Bertz CT molecular complexity index is 1200. The molecule has 0 aromatic heterocycles. The van der Waals surface area contributed by atoms with E-state index in [1.165, 1.54) is 22.3 Å². The van der Waals surface area contributed by atoms with Gasteiger partial charge < -0.3 is 12.0 Å². The largest absolute Gasteiger partial charge is 2.00 e. The Kier molecular flexibility index (Phi) is 14.1. The van der Waals surface area contributed by atoms with Crippen LogP contribution in [-0.2, 0) is 32.6 Å². The van der Waals surface area contributed by atoms with Crippen LogP contribution in [0.5, 0.6) is 0 Å². The Labute approximate surface area is 229 Å². The number of aryl methyl sites for hydroxylation is 4. The molecule has 2 aromatic carbocycles. The molecule has 3 rings (SSSR count). The summed E-state index contributed by atoms with van der Waals surface area (Å²) in [4.78, 5) is 14.5. The van der Waals surface area contributed by atoms with Crippen molar-refractivity contribution in [2.24, 2.45) is 15.0 Å². The predicted octanol–water partition coefficient (Wildman–Crippen LogP) is 7.30. The van der Waals surface area contributed by atoms with Crippen LogP contribution in [0.3, 0.4) is 0 Å². The first-order valence-corrected chi connectivity index (χ1v) is 11.7. The van der Waals surface area contributed by atoms with Crippen molar-refractivity contribution in [3.05, 3.63) is 77.9 Å². The summed E-state index contributed by atoms with van der Waals surface area (Å²) in [6.45, 7) is 12.5. The van der Waals surface area contributed by atoms with E-state index >= 15 is 0 Å². The van der Waals surface area contributed by atoms with Crippen LogP contribution in [0.1, 0.15) is 42.5 Å². The summed E-state index contributed by atoms with van der Waals surface area (Å²) in [6, 6.07) is 12.5. The van der Waals surface area contributed by atoms with Crippen molar-refractivity contribution in [3.8, 4) is 0 Å². The Morgan fingerprint density at radius 1 is 0.919 bits per heavy atom. The fourth-order valence-corrected chi connectivity index (χ4v) is 3.54. The molecule has 0 aliphatic carbocycles. The fourth-order valence-electron chi connectivity index (χ4n) is 3.39. The molecule has 0 saturated heterocycles. The van der Waals surface area contributed by atoms with Gasteiger partial charge in [-0.25, -0.2) is 13.4 Å². The van der Waals surface area contributed by atoms with E-state index in [1.807, 2.05) is 13.8 Å². The maximum Gasteiger partial charge on any atom is 2.00 e. The second-order valence-electron chi connectivity index (χ2n) is 7.96. The minimum absolute atomic E-state index is 0. The number of hydrogen-bond donors (Lipinski definition) is 0. The third-order valence-corrected chi connectivity index (χ3v) is 5.46. The van der Waals surface area contributed by atoms with Gasteiger partial charge in [0.05, 0.1) is 45.6 Å². The number of alkyl halides is 3. The van der Waals surface area contributed by atoms with Crippen LogP contribution >= 0.6 is 0 Å². The van der Waals surface area contributed by atoms with Crippen LogP contribution < -0.4 is 0 Å². The molecular formula is C26H30F3FeN3O3S. The van der Waals surface area contributed by atoms with E-state index in [0.717, 1.165) is 40.6 Å². The van der Waals surface area contributed by atoms with Gasteiger partial charge in [-0.05, 0) is 63.8 Å². The molecule has 0 spiro atoms. The molecule has 1 heterocycles. The summed E-state index contributed by atoms with van der Waals surface area (Å²) in [5.41, 5.74) is 10.7. The Hall–Kier alpha value is -2.43. The second-order valence-corrected chi connectivity index (χ2v) is 8.54. The number of rotatable bonds is 5. The van der Waals surface area contributed by atoms with Crippen molar-refractivity contribution in [2.45, 2.75) is 54.3 Å². The average molecular weight is 577 g/mol. The van der Waals surface area contributed by atoms with Crippen molar-refractivity contribution in [3.63, 3.8) is 0 Å². The first-order chi connectivity index (χ1) is 16.3. The fraction of sp³-hybridized carbons (Fsp3) is 0.308. The number of aliphatic imine (C=N–C) groups is 3. The molecule has 0 N–H and O–H groups in total. The maximum atomic E-state index is 10.7. The minimum atomic E-state index is -5.09. The van der Waals surface area contributed by atoms with Gasteiger partial charge in [0.1, 0.15) is 0 Å². The molecule has 1 atom stereocenters. The Morgan fingerprint density at radius 3 is 1.68 bits per heavy atom. The predicted molar refractivity (Wildman–Crippen MR) is 140 cm³/mol. The molecule has 6 nitrogen and oxygen atoms in total. The molecule has 0 radical (unpaired) electrons. The molecule has 0 saturated carbocycles. The minimum Gasteiger partial charge on any atom is -0.750 e. The van der Waals surface area contributed by atoms with Crippen LogP contribution in [0.25, 0.3) is 0 Å². The number of nitrogens with zero attached hydrogens (tertiary/aromatic N) is 3. The van der Waals surface area contributed by atoms with Crippen molar-refractivity contribution in [1.82, 2.24) is 0 Å². The van der Waals surface area contributed by atoms with Gasteiger partial charge in [-0.2, -0.15) is 0 Å². The monoisotopic (exact) mass is 577 g/mol. The second kappa shape index (κ2) is 15.1. The van der Waals surface area contributed by atoms with Gasteiger partial charge in [-0.1, -0.05) is 42.5 Å². The third kappa shape index (κ3) is 10.8. The summed E-state index contributed by atoms with van der Waals surface area (Å²) < 4.78 is 52.6. The van der Waals surface area contributed by atoms with Gasteiger partial charge in [0.2, 0.25) is 0 Å². The van der Waals surface area contributed by atoms with Gasteiger partial charge in [-0.15, -0.1) is 13.2 Å². The van der Waals surface area contributed by atoms with Crippen molar-refractivity contribution in [1.29, 1.82) is 0 Å². The number of halogens is 3. The van der Waals surface area contributed by atoms with Gasteiger partial charge in [0, 0.05) is 6.42 Å². The molecule has 0 fully saturated rings. The molecule has 37 heavy (non-hydrogen) atoms. The van der Waals surface area contributed by atoms with Gasteiger partial charge in [-0.3, -0.25) is 9.98 Å². The van der Waals surface area contributed by atoms with Crippen LogP contribution in [0.4, 0.5) is 24.5 Å². The zero-order valence-electron chi connectivity index (χ0n) is 21.7. The van der Waals surface area contributed by atoms with E-state index in [-0.39, 0.29) is 24.5 Å². The van der Waals surface area contributed by atoms with Gasteiger partial charge in [0.25, 0.3) is 0 Å².